The van der Waals surface area contributed by atoms with E-state index in [4.69, 9.17) is 26.1 Å². The maximum Gasteiger partial charge on any atom is 0.470 e. The Labute approximate surface area is 192 Å². The number of ether oxygens (including phenoxy) is 1. The Morgan fingerprint density at radius 1 is 1.39 bits per heavy atom. The van der Waals surface area contributed by atoms with Crippen LogP contribution in [0.1, 0.15) is 33.1 Å². The lowest BCUT2D eigenvalue weighted by molar-refractivity contribution is -0.201. The Morgan fingerprint density at radius 3 is 2.55 bits per heavy atom. The molecule has 0 aromatic heterocycles. The normalized spacial score (nSPS) is 36.9. The fourth-order valence-corrected chi connectivity index (χ4v) is 5.93. The molecule has 2 fully saturated rings. The number of halogens is 1. The maximum atomic E-state index is 13.0. The van der Waals surface area contributed by atoms with Crippen molar-refractivity contribution in [1.29, 1.82) is 0 Å². The fraction of sp³-hybridized carbons (Fsp3) is 0.944. The van der Waals surface area contributed by atoms with Crippen LogP contribution >= 0.6 is 31.2 Å². The van der Waals surface area contributed by atoms with Gasteiger partial charge in [0.25, 0.3) is 0 Å². The average Bonchev–Trinajstić information content (AvgIpc) is 3.03. The summed E-state index contributed by atoms with van der Waals surface area (Å²) in [6.45, 7) is 4.57. The van der Waals surface area contributed by atoms with Gasteiger partial charge in [-0.1, -0.05) is 13.3 Å². The van der Waals surface area contributed by atoms with Gasteiger partial charge in [-0.2, -0.15) is 0 Å². The van der Waals surface area contributed by atoms with E-state index in [-0.39, 0.29) is 11.9 Å². The van der Waals surface area contributed by atoms with E-state index in [2.05, 4.69) is 16.8 Å². The molecule has 9 atom stereocenters. The van der Waals surface area contributed by atoms with Gasteiger partial charge in [0.1, 0.15) is 29.9 Å². The number of amides is 1. The van der Waals surface area contributed by atoms with Crippen molar-refractivity contribution in [3.63, 3.8) is 0 Å². The van der Waals surface area contributed by atoms with Crippen molar-refractivity contribution in [2.45, 2.75) is 80.4 Å². The molecular weight excluding hydrogens is 471 g/mol. The van der Waals surface area contributed by atoms with E-state index in [1.165, 1.54) is 0 Å². The van der Waals surface area contributed by atoms with E-state index < -0.39 is 49.1 Å². The highest BCUT2D eigenvalue weighted by Gasteiger charge is 2.51. The first-order valence-electron chi connectivity index (χ1n) is 10.3. The standard InChI is InChI=1S/C18H34ClN2O8PS/c1-5-6-10-7-11(21(3)8-10)17(24)20-12(9(2)19)15-13(22)14(23)16(18(28-15)31-4)29-30(25,26)27/h9-16,18,22-23H,5-8H2,1-4H3,(H,20,24)(H2,25,26,27)/t9-,10-,11+,12-,13-,14+,15-,16-,18-/m0/s1. The van der Waals surface area contributed by atoms with E-state index in [1.807, 2.05) is 11.9 Å². The van der Waals surface area contributed by atoms with Crippen LogP contribution in [0, 0.1) is 5.92 Å². The Hall–Kier alpha value is 0.0600. The molecule has 2 saturated heterocycles. The molecular formula is C18H34ClN2O8PS. The summed E-state index contributed by atoms with van der Waals surface area (Å²) in [5, 5.41) is 23.4. The van der Waals surface area contributed by atoms with E-state index in [1.54, 1.807) is 13.2 Å². The zero-order valence-corrected chi connectivity index (χ0v) is 20.6. The number of carbonyl (C=O) groups excluding carboxylic acids is 1. The second-order valence-corrected chi connectivity index (χ2v) is 11.1. The number of thioether (sulfide) groups is 1. The highest BCUT2D eigenvalue weighted by molar-refractivity contribution is 7.99. The van der Waals surface area contributed by atoms with Crippen LogP contribution in [-0.4, -0.2) is 98.0 Å². The van der Waals surface area contributed by atoms with Gasteiger partial charge in [0, 0.05) is 6.54 Å². The number of aliphatic hydroxyl groups is 2. The molecule has 2 rings (SSSR count). The Balaban J connectivity index is 2.15. The molecule has 0 aliphatic carbocycles. The van der Waals surface area contributed by atoms with Crippen LogP contribution < -0.4 is 5.32 Å². The number of hydrogen-bond donors (Lipinski definition) is 5. The van der Waals surface area contributed by atoms with Gasteiger partial charge in [0.2, 0.25) is 5.91 Å². The second-order valence-electron chi connectivity index (χ2n) is 8.30. The van der Waals surface area contributed by atoms with Crippen LogP contribution in [0.2, 0.25) is 0 Å². The summed E-state index contributed by atoms with van der Waals surface area (Å²) in [6, 6.07) is -1.18. The number of hydrogen-bond acceptors (Lipinski definition) is 8. The molecule has 0 bridgehead atoms. The predicted molar refractivity (Wildman–Crippen MR) is 118 cm³/mol. The Bertz CT molecular complexity index is 654. The topological polar surface area (TPSA) is 149 Å². The third-order valence-electron chi connectivity index (χ3n) is 5.87. The highest BCUT2D eigenvalue weighted by atomic mass is 35.5. The molecule has 0 aromatic carbocycles. The van der Waals surface area contributed by atoms with Crippen LogP contribution in [-0.2, 0) is 18.6 Å². The van der Waals surface area contributed by atoms with Gasteiger partial charge in [-0.05, 0) is 39.0 Å². The van der Waals surface area contributed by atoms with Crippen LogP contribution in [0.25, 0.3) is 0 Å². The van der Waals surface area contributed by atoms with Crippen molar-refractivity contribution in [3.8, 4) is 0 Å². The van der Waals surface area contributed by atoms with Crippen LogP contribution in [0.15, 0.2) is 0 Å². The SMILES string of the molecule is CCC[C@H]1C[C@H](C(=O)N[C@H]([C@@H]2O[C@@H](SC)[C@@H](OP(=O)(O)O)[C@H](O)[C@@H]2O)[C@H](C)Cl)N(C)C1. The molecule has 10 nitrogen and oxygen atoms in total. The molecule has 0 unspecified atom stereocenters. The monoisotopic (exact) mass is 504 g/mol. The number of aliphatic hydroxyl groups excluding tert-OH is 2. The summed E-state index contributed by atoms with van der Waals surface area (Å²) in [7, 11) is -3.04. The lowest BCUT2D eigenvalue weighted by Gasteiger charge is -2.45. The number of phosphoric acid groups is 1. The largest absolute Gasteiger partial charge is 0.470 e. The zero-order chi connectivity index (χ0) is 23.5. The van der Waals surface area contributed by atoms with Gasteiger partial charge in [-0.15, -0.1) is 23.4 Å². The van der Waals surface area contributed by atoms with Crippen LogP contribution in [0.4, 0.5) is 0 Å². The number of carbonyl (C=O) groups is 1. The summed E-state index contributed by atoms with van der Waals surface area (Å²) in [5.41, 5.74) is -0.992. The minimum absolute atomic E-state index is 0.238. The minimum Gasteiger partial charge on any atom is -0.388 e. The van der Waals surface area contributed by atoms with Crippen molar-refractivity contribution in [2.24, 2.45) is 5.92 Å². The average molecular weight is 505 g/mol. The first-order valence-corrected chi connectivity index (χ1v) is 13.6. The van der Waals surface area contributed by atoms with Crippen molar-refractivity contribution in [1.82, 2.24) is 10.2 Å². The van der Waals surface area contributed by atoms with Gasteiger partial charge >= 0.3 is 7.82 Å². The van der Waals surface area contributed by atoms with Crippen molar-refractivity contribution in [3.05, 3.63) is 0 Å². The lowest BCUT2D eigenvalue weighted by Crippen LogP contribution is -2.65. The van der Waals surface area contributed by atoms with E-state index in [9.17, 15) is 19.6 Å². The molecule has 0 aromatic rings. The first kappa shape index (κ1) is 27.3. The summed E-state index contributed by atoms with van der Waals surface area (Å²) in [5.74, 6) is 0.195. The van der Waals surface area contributed by atoms with Crippen molar-refractivity contribution < 1.29 is 38.6 Å². The minimum atomic E-state index is -4.93. The molecule has 0 saturated carbocycles. The Morgan fingerprint density at radius 2 is 2.03 bits per heavy atom. The van der Waals surface area contributed by atoms with Gasteiger partial charge in [0.15, 0.2) is 0 Å². The number of likely N-dealkylation sites (N-methyl/N-ethyl adjacent to an activating group) is 1. The number of likely N-dealkylation sites (tertiary alicyclic amines) is 1. The third kappa shape index (κ3) is 7.02. The van der Waals surface area contributed by atoms with E-state index in [0.29, 0.717) is 5.92 Å². The van der Waals surface area contributed by atoms with Crippen LogP contribution in [0.5, 0.6) is 0 Å². The number of phosphoric ester groups is 1. The van der Waals surface area contributed by atoms with E-state index in [0.717, 1.165) is 37.6 Å². The Kier molecular flexibility index (Phi) is 10.1. The summed E-state index contributed by atoms with van der Waals surface area (Å²) < 4.78 is 21.7. The first-order chi connectivity index (χ1) is 14.4. The molecule has 1 amide bonds. The quantitative estimate of drug-likeness (QED) is 0.222. The van der Waals surface area contributed by atoms with Gasteiger partial charge in [-0.25, -0.2) is 4.57 Å². The molecule has 182 valence electrons. The smallest absolute Gasteiger partial charge is 0.388 e. The van der Waals surface area contributed by atoms with Gasteiger partial charge < -0.3 is 30.1 Å². The molecule has 2 aliphatic heterocycles. The molecule has 31 heavy (non-hydrogen) atoms. The fourth-order valence-electron chi connectivity index (χ4n) is 4.37. The highest BCUT2D eigenvalue weighted by Crippen LogP contribution is 2.43. The number of nitrogens with one attached hydrogen (secondary N) is 1. The van der Waals surface area contributed by atoms with E-state index >= 15 is 0 Å². The molecule has 2 aliphatic rings. The van der Waals surface area contributed by atoms with Crippen molar-refractivity contribution in [2.75, 3.05) is 19.8 Å². The van der Waals surface area contributed by atoms with Gasteiger partial charge in [0.05, 0.1) is 17.5 Å². The molecule has 2 heterocycles. The van der Waals surface area contributed by atoms with Crippen molar-refractivity contribution >= 4 is 37.1 Å². The molecule has 13 heteroatoms. The lowest BCUT2D eigenvalue weighted by atomic mass is 9.92. The van der Waals surface area contributed by atoms with Gasteiger partial charge in [-0.3, -0.25) is 14.2 Å². The summed E-state index contributed by atoms with van der Waals surface area (Å²) >= 11 is 7.38. The summed E-state index contributed by atoms with van der Waals surface area (Å²) in [4.78, 5) is 33.3. The predicted octanol–water partition coefficient (Wildman–Crippen LogP) is 0.506. The number of rotatable bonds is 9. The maximum absolute atomic E-state index is 13.0. The zero-order valence-electron chi connectivity index (χ0n) is 18.1. The second kappa shape index (κ2) is 11.5. The molecule has 5 N–H and O–H groups in total. The third-order valence-corrected chi connectivity index (χ3v) is 7.50. The summed E-state index contributed by atoms with van der Waals surface area (Å²) in [6.07, 6.45) is -1.37. The number of nitrogens with zero attached hydrogens (tertiary/aromatic N) is 1. The molecule has 0 spiro atoms. The van der Waals surface area contributed by atoms with Crippen LogP contribution in [0.3, 0.4) is 0 Å². The number of alkyl halides is 1. The molecule has 0 radical (unpaired) electrons.